The molecule has 0 bridgehead atoms. The number of benzene rings is 2. The molecule has 2 aromatic rings. The molecule has 2 aromatic carbocycles. The van der Waals surface area contributed by atoms with Crippen molar-refractivity contribution in [3.63, 3.8) is 0 Å². The zero-order valence-electron chi connectivity index (χ0n) is 11.9. The zero-order valence-corrected chi connectivity index (χ0v) is 11.9. The third-order valence-corrected chi connectivity index (χ3v) is 3.06. The van der Waals surface area contributed by atoms with E-state index in [2.05, 4.69) is 0 Å². The molecule has 0 aliphatic heterocycles. The summed E-state index contributed by atoms with van der Waals surface area (Å²) in [6.07, 6.45) is 1.75. The maximum absolute atomic E-state index is 11.7. The topological polar surface area (TPSA) is 63.6 Å². The molecule has 1 unspecified atom stereocenters. The van der Waals surface area contributed by atoms with Crippen molar-refractivity contribution in [2.45, 2.75) is 12.5 Å². The van der Waals surface area contributed by atoms with Gasteiger partial charge < -0.3 is 9.84 Å². The second-order valence-electron chi connectivity index (χ2n) is 4.70. The lowest BCUT2D eigenvalue weighted by molar-refractivity contribution is -0.144. The predicted octanol–water partition coefficient (Wildman–Crippen LogP) is 3.15. The quantitative estimate of drug-likeness (QED) is 0.657. The number of hydrogen-bond donors (Lipinski definition) is 1. The van der Waals surface area contributed by atoms with Gasteiger partial charge in [-0.25, -0.2) is 9.59 Å². The molecule has 4 nitrogen and oxygen atoms in total. The molecule has 1 N–H and O–H groups in total. The number of carbonyl (C=O) groups excluding carboxylic acids is 1. The van der Waals surface area contributed by atoms with E-state index >= 15 is 0 Å². The number of esters is 1. The monoisotopic (exact) mass is 296 g/mol. The van der Waals surface area contributed by atoms with E-state index in [-0.39, 0.29) is 0 Å². The second-order valence-corrected chi connectivity index (χ2v) is 4.70. The Bertz CT molecular complexity index is 647. The van der Waals surface area contributed by atoms with Crippen LogP contribution in [0.25, 0.3) is 0 Å². The summed E-state index contributed by atoms with van der Waals surface area (Å²) in [5.41, 5.74) is 1.90. The fourth-order valence-corrected chi connectivity index (χ4v) is 2.04. The van der Waals surface area contributed by atoms with Gasteiger partial charge in [0.1, 0.15) is 6.10 Å². The van der Waals surface area contributed by atoms with Crippen molar-refractivity contribution in [3.05, 3.63) is 83.9 Å². The highest BCUT2D eigenvalue weighted by Crippen LogP contribution is 2.22. The van der Waals surface area contributed by atoms with Crippen molar-refractivity contribution in [2.24, 2.45) is 0 Å². The summed E-state index contributed by atoms with van der Waals surface area (Å²) in [6.45, 7) is 0. The molecule has 0 amide bonds. The lowest BCUT2D eigenvalue weighted by Crippen LogP contribution is -2.12. The van der Waals surface area contributed by atoms with E-state index < -0.39 is 18.0 Å². The van der Waals surface area contributed by atoms with E-state index in [4.69, 9.17) is 9.84 Å². The van der Waals surface area contributed by atoms with Crippen molar-refractivity contribution in [1.82, 2.24) is 0 Å². The third kappa shape index (κ3) is 4.90. The van der Waals surface area contributed by atoms with E-state index in [1.165, 1.54) is 0 Å². The van der Waals surface area contributed by atoms with E-state index in [0.29, 0.717) is 6.42 Å². The maximum Gasteiger partial charge on any atom is 0.331 e. The summed E-state index contributed by atoms with van der Waals surface area (Å²) in [7, 11) is 0. The van der Waals surface area contributed by atoms with Gasteiger partial charge in [0.15, 0.2) is 0 Å². The van der Waals surface area contributed by atoms with Crippen LogP contribution in [0.5, 0.6) is 0 Å². The summed E-state index contributed by atoms with van der Waals surface area (Å²) < 4.78 is 5.40. The van der Waals surface area contributed by atoms with Crippen LogP contribution in [-0.4, -0.2) is 17.0 Å². The minimum absolute atomic E-state index is 0.463. The first-order chi connectivity index (χ1) is 10.6. The van der Waals surface area contributed by atoms with E-state index in [1.807, 2.05) is 60.7 Å². The highest BCUT2D eigenvalue weighted by molar-refractivity contribution is 5.90. The summed E-state index contributed by atoms with van der Waals surface area (Å²) in [5.74, 6) is -1.86. The molecule has 0 spiro atoms. The van der Waals surface area contributed by atoms with Crippen LogP contribution in [-0.2, 0) is 20.7 Å². The van der Waals surface area contributed by atoms with Crippen LogP contribution in [0.1, 0.15) is 17.2 Å². The summed E-state index contributed by atoms with van der Waals surface area (Å²) >= 11 is 0. The second kappa shape index (κ2) is 7.78. The van der Waals surface area contributed by atoms with Crippen LogP contribution in [0.15, 0.2) is 72.8 Å². The van der Waals surface area contributed by atoms with Gasteiger partial charge in [0.05, 0.1) is 0 Å². The molecule has 4 heteroatoms. The minimum Gasteiger partial charge on any atom is -0.478 e. The maximum atomic E-state index is 11.7. The Morgan fingerprint density at radius 2 is 1.55 bits per heavy atom. The van der Waals surface area contributed by atoms with Gasteiger partial charge >= 0.3 is 11.9 Å². The molecule has 22 heavy (non-hydrogen) atoms. The molecule has 1 atom stereocenters. The van der Waals surface area contributed by atoms with Crippen LogP contribution in [0.3, 0.4) is 0 Å². The number of hydrogen-bond acceptors (Lipinski definition) is 3. The zero-order chi connectivity index (χ0) is 15.8. The SMILES string of the molecule is O=C(O)C=CC(=O)OC(Cc1ccccc1)c1ccccc1. The van der Waals surface area contributed by atoms with Gasteiger partial charge in [-0.3, -0.25) is 0 Å². The molecule has 0 fully saturated rings. The van der Waals surface area contributed by atoms with Crippen molar-refractivity contribution in [2.75, 3.05) is 0 Å². The Kier molecular flexibility index (Phi) is 5.49. The summed E-state index contributed by atoms with van der Waals surface area (Å²) in [4.78, 5) is 22.2. The minimum atomic E-state index is -1.18. The normalized spacial score (nSPS) is 12.0. The molecule has 0 aromatic heterocycles. The van der Waals surface area contributed by atoms with Crippen LogP contribution in [0, 0.1) is 0 Å². The van der Waals surface area contributed by atoms with Crippen LogP contribution < -0.4 is 0 Å². The fraction of sp³-hybridized carbons (Fsp3) is 0.111. The molecule has 0 radical (unpaired) electrons. The van der Waals surface area contributed by atoms with Crippen molar-refractivity contribution in [1.29, 1.82) is 0 Å². The molecule has 0 saturated carbocycles. The van der Waals surface area contributed by atoms with E-state index in [0.717, 1.165) is 23.3 Å². The standard InChI is InChI=1S/C18H16O4/c19-17(20)11-12-18(21)22-16(15-9-5-2-6-10-15)13-14-7-3-1-4-8-14/h1-12,16H,13H2,(H,19,20). The number of carboxylic acid groups (broad SMARTS) is 1. The van der Waals surface area contributed by atoms with Gasteiger partial charge in [0, 0.05) is 18.6 Å². The van der Waals surface area contributed by atoms with Gasteiger partial charge in [-0.1, -0.05) is 60.7 Å². The highest BCUT2D eigenvalue weighted by Gasteiger charge is 2.16. The lowest BCUT2D eigenvalue weighted by atomic mass is 10.0. The lowest BCUT2D eigenvalue weighted by Gasteiger charge is -2.17. The first kappa shape index (κ1) is 15.5. The van der Waals surface area contributed by atoms with Crippen molar-refractivity contribution < 1.29 is 19.4 Å². The molecular weight excluding hydrogens is 280 g/mol. The summed E-state index contributed by atoms with van der Waals surface area (Å²) in [6, 6.07) is 19.0. The molecule has 0 saturated heterocycles. The summed E-state index contributed by atoms with van der Waals surface area (Å²) in [5, 5.41) is 8.55. The average Bonchev–Trinajstić information content (AvgIpc) is 2.54. The number of rotatable bonds is 6. The average molecular weight is 296 g/mol. The van der Waals surface area contributed by atoms with Gasteiger partial charge in [-0.15, -0.1) is 0 Å². The molecule has 2 rings (SSSR count). The van der Waals surface area contributed by atoms with E-state index in [1.54, 1.807) is 0 Å². The van der Waals surface area contributed by atoms with Gasteiger partial charge in [-0.2, -0.15) is 0 Å². The van der Waals surface area contributed by atoms with Crippen LogP contribution in [0.2, 0.25) is 0 Å². The van der Waals surface area contributed by atoms with Crippen molar-refractivity contribution in [3.8, 4) is 0 Å². The van der Waals surface area contributed by atoms with Gasteiger partial charge in [0.2, 0.25) is 0 Å². The first-order valence-electron chi connectivity index (χ1n) is 6.85. The van der Waals surface area contributed by atoms with Gasteiger partial charge in [0.25, 0.3) is 0 Å². The molecule has 0 aliphatic rings. The van der Waals surface area contributed by atoms with E-state index in [9.17, 15) is 9.59 Å². The predicted molar refractivity (Wildman–Crippen MR) is 82.2 cm³/mol. The highest BCUT2D eigenvalue weighted by atomic mass is 16.5. The van der Waals surface area contributed by atoms with Crippen LogP contribution in [0.4, 0.5) is 0 Å². The Labute approximate surface area is 128 Å². The number of ether oxygens (including phenoxy) is 1. The molecule has 0 heterocycles. The Morgan fingerprint density at radius 1 is 0.955 bits per heavy atom. The smallest absolute Gasteiger partial charge is 0.331 e. The number of carbonyl (C=O) groups is 2. The Balaban J connectivity index is 2.15. The third-order valence-electron chi connectivity index (χ3n) is 3.06. The molecule has 112 valence electrons. The Morgan fingerprint density at radius 3 is 2.14 bits per heavy atom. The van der Waals surface area contributed by atoms with Gasteiger partial charge in [-0.05, 0) is 11.1 Å². The molecular formula is C18H16O4. The van der Waals surface area contributed by atoms with Crippen molar-refractivity contribution >= 4 is 11.9 Å². The number of carboxylic acids is 1. The first-order valence-corrected chi connectivity index (χ1v) is 6.85. The van der Waals surface area contributed by atoms with Crippen LogP contribution >= 0.6 is 0 Å². The Hall–Kier alpha value is -2.88. The molecule has 0 aliphatic carbocycles. The number of aliphatic carboxylic acids is 1. The fourth-order valence-electron chi connectivity index (χ4n) is 2.04. The largest absolute Gasteiger partial charge is 0.478 e.